The lowest BCUT2D eigenvalue weighted by Crippen LogP contribution is -2.15. The first kappa shape index (κ1) is 15.5. The van der Waals surface area contributed by atoms with Crippen molar-refractivity contribution < 1.29 is 4.74 Å². The van der Waals surface area contributed by atoms with E-state index < -0.39 is 0 Å². The molecule has 1 aromatic heterocycles. The summed E-state index contributed by atoms with van der Waals surface area (Å²) in [5.41, 5.74) is 0.285. The second-order valence-electron chi connectivity index (χ2n) is 5.47. The Bertz CT molecular complexity index is 365. The van der Waals surface area contributed by atoms with Crippen LogP contribution in [0.25, 0.3) is 0 Å². The standard InChI is InChI=1S/C13H25N5O/c1-6-14-10-16-11(15-9-8-13(3,4)5)18-12(17-10)19-7-2/h6-9H2,1-5H3,(H2,14,15,16,17,18). The molecule has 0 bridgehead atoms. The predicted octanol–water partition coefficient (Wildman–Crippen LogP) is 2.55. The Morgan fingerprint density at radius 3 is 2.16 bits per heavy atom. The van der Waals surface area contributed by atoms with Crippen molar-refractivity contribution in [1.29, 1.82) is 0 Å². The van der Waals surface area contributed by atoms with Crippen molar-refractivity contribution in [2.24, 2.45) is 5.41 Å². The molecule has 0 aliphatic rings. The van der Waals surface area contributed by atoms with Crippen LogP contribution in [0, 0.1) is 5.41 Å². The number of rotatable bonds is 7. The average molecular weight is 267 g/mol. The highest BCUT2D eigenvalue weighted by atomic mass is 16.5. The summed E-state index contributed by atoms with van der Waals surface area (Å²) in [4.78, 5) is 12.7. The van der Waals surface area contributed by atoms with Crippen LogP contribution in [0.5, 0.6) is 6.01 Å². The van der Waals surface area contributed by atoms with Crippen LogP contribution in [-0.2, 0) is 0 Å². The quantitative estimate of drug-likeness (QED) is 0.791. The molecule has 0 aliphatic heterocycles. The van der Waals surface area contributed by atoms with Gasteiger partial charge < -0.3 is 15.4 Å². The molecule has 6 nitrogen and oxygen atoms in total. The minimum atomic E-state index is 0.285. The largest absolute Gasteiger partial charge is 0.464 e. The topological polar surface area (TPSA) is 72.0 Å². The maximum atomic E-state index is 5.34. The number of nitrogens with zero attached hydrogens (tertiary/aromatic N) is 3. The maximum absolute atomic E-state index is 5.34. The van der Waals surface area contributed by atoms with Crippen molar-refractivity contribution >= 4 is 11.9 Å². The Morgan fingerprint density at radius 2 is 1.63 bits per heavy atom. The van der Waals surface area contributed by atoms with Gasteiger partial charge >= 0.3 is 6.01 Å². The van der Waals surface area contributed by atoms with Crippen molar-refractivity contribution in [3.05, 3.63) is 0 Å². The summed E-state index contributed by atoms with van der Waals surface area (Å²) in [5.74, 6) is 1.10. The minimum Gasteiger partial charge on any atom is -0.464 e. The molecule has 0 unspecified atom stereocenters. The van der Waals surface area contributed by atoms with E-state index >= 15 is 0 Å². The molecule has 108 valence electrons. The molecule has 0 atom stereocenters. The number of ether oxygens (including phenoxy) is 1. The first-order valence-corrected chi connectivity index (χ1v) is 6.81. The van der Waals surface area contributed by atoms with Gasteiger partial charge in [-0.05, 0) is 25.7 Å². The summed E-state index contributed by atoms with van der Waals surface area (Å²) < 4.78 is 5.34. The molecule has 0 fully saturated rings. The third-order valence-corrected chi connectivity index (χ3v) is 2.38. The van der Waals surface area contributed by atoms with Gasteiger partial charge in [-0.25, -0.2) is 0 Å². The van der Waals surface area contributed by atoms with Gasteiger partial charge in [0.2, 0.25) is 11.9 Å². The summed E-state index contributed by atoms with van der Waals surface area (Å²) in [6.07, 6.45) is 1.04. The fourth-order valence-electron chi connectivity index (χ4n) is 1.42. The fraction of sp³-hybridized carbons (Fsp3) is 0.769. The fourth-order valence-corrected chi connectivity index (χ4v) is 1.42. The van der Waals surface area contributed by atoms with E-state index in [1.807, 2.05) is 13.8 Å². The first-order valence-electron chi connectivity index (χ1n) is 6.81. The molecule has 0 saturated heterocycles. The molecule has 1 aromatic rings. The summed E-state index contributed by atoms with van der Waals surface area (Å²) in [6.45, 7) is 12.6. The van der Waals surface area contributed by atoms with E-state index in [9.17, 15) is 0 Å². The van der Waals surface area contributed by atoms with Crippen molar-refractivity contribution in [2.45, 2.75) is 41.0 Å². The summed E-state index contributed by atoms with van der Waals surface area (Å²) in [6, 6.07) is 0.353. The molecule has 1 heterocycles. The summed E-state index contributed by atoms with van der Waals surface area (Å²) in [5, 5.41) is 6.29. The number of hydrogen-bond acceptors (Lipinski definition) is 6. The molecule has 0 aromatic carbocycles. The van der Waals surface area contributed by atoms with E-state index in [0.29, 0.717) is 24.5 Å². The van der Waals surface area contributed by atoms with Crippen LogP contribution in [0.4, 0.5) is 11.9 Å². The van der Waals surface area contributed by atoms with E-state index in [4.69, 9.17) is 4.74 Å². The first-order chi connectivity index (χ1) is 8.94. The summed E-state index contributed by atoms with van der Waals surface area (Å²) >= 11 is 0. The lowest BCUT2D eigenvalue weighted by atomic mass is 9.92. The van der Waals surface area contributed by atoms with Crippen LogP contribution in [0.1, 0.15) is 41.0 Å². The van der Waals surface area contributed by atoms with Crippen LogP contribution in [0.2, 0.25) is 0 Å². The Labute approximate surface area is 115 Å². The van der Waals surface area contributed by atoms with Crippen molar-refractivity contribution in [3.8, 4) is 6.01 Å². The van der Waals surface area contributed by atoms with Gasteiger partial charge in [-0.1, -0.05) is 20.8 Å². The van der Waals surface area contributed by atoms with Gasteiger partial charge in [-0.3, -0.25) is 0 Å². The van der Waals surface area contributed by atoms with E-state index in [-0.39, 0.29) is 5.41 Å². The van der Waals surface area contributed by atoms with Gasteiger partial charge in [0.1, 0.15) is 0 Å². The highest BCUT2D eigenvalue weighted by Gasteiger charge is 2.11. The van der Waals surface area contributed by atoms with Crippen LogP contribution in [0.15, 0.2) is 0 Å². The normalized spacial score (nSPS) is 11.2. The second kappa shape index (κ2) is 7.11. The predicted molar refractivity (Wildman–Crippen MR) is 77.7 cm³/mol. The van der Waals surface area contributed by atoms with E-state index in [1.54, 1.807) is 0 Å². The van der Waals surface area contributed by atoms with E-state index in [0.717, 1.165) is 19.5 Å². The van der Waals surface area contributed by atoms with Crippen LogP contribution < -0.4 is 15.4 Å². The minimum absolute atomic E-state index is 0.285. The monoisotopic (exact) mass is 267 g/mol. The maximum Gasteiger partial charge on any atom is 0.323 e. The highest BCUT2D eigenvalue weighted by Crippen LogP contribution is 2.18. The van der Waals surface area contributed by atoms with Crippen LogP contribution in [0.3, 0.4) is 0 Å². The number of anilines is 2. The zero-order chi connectivity index (χ0) is 14.3. The Morgan fingerprint density at radius 1 is 1.00 bits per heavy atom. The number of hydrogen-bond donors (Lipinski definition) is 2. The van der Waals surface area contributed by atoms with Gasteiger partial charge in [0, 0.05) is 13.1 Å². The molecule has 0 amide bonds. The molecular formula is C13H25N5O. The third kappa shape index (κ3) is 6.22. The van der Waals surface area contributed by atoms with Gasteiger partial charge in [-0.15, -0.1) is 0 Å². The van der Waals surface area contributed by atoms with Crippen molar-refractivity contribution in [1.82, 2.24) is 15.0 Å². The Balaban J connectivity index is 2.69. The number of nitrogens with one attached hydrogen (secondary N) is 2. The summed E-state index contributed by atoms with van der Waals surface area (Å²) in [7, 11) is 0. The van der Waals surface area contributed by atoms with Gasteiger partial charge in [0.25, 0.3) is 0 Å². The lowest BCUT2D eigenvalue weighted by molar-refractivity contribution is 0.312. The second-order valence-corrected chi connectivity index (χ2v) is 5.47. The molecule has 0 aliphatic carbocycles. The molecule has 0 spiro atoms. The molecule has 6 heteroatoms. The molecule has 19 heavy (non-hydrogen) atoms. The Kier molecular flexibility index (Phi) is 5.79. The Hall–Kier alpha value is -1.59. The SMILES string of the molecule is CCNc1nc(NCCC(C)(C)C)nc(OCC)n1. The zero-order valence-corrected chi connectivity index (χ0v) is 12.6. The van der Waals surface area contributed by atoms with E-state index in [2.05, 4.69) is 46.4 Å². The van der Waals surface area contributed by atoms with E-state index in [1.165, 1.54) is 0 Å². The number of aromatic nitrogens is 3. The molecule has 1 rings (SSSR count). The zero-order valence-electron chi connectivity index (χ0n) is 12.6. The molecule has 0 radical (unpaired) electrons. The molecule has 0 saturated carbocycles. The van der Waals surface area contributed by atoms with Gasteiger partial charge in [-0.2, -0.15) is 15.0 Å². The molecular weight excluding hydrogens is 242 g/mol. The van der Waals surface area contributed by atoms with Crippen molar-refractivity contribution in [2.75, 3.05) is 30.3 Å². The van der Waals surface area contributed by atoms with Crippen LogP contribution >= 0.6 is 0 Å². The van der Waals surface area contributed by atoms with Gasteiger partial charge in [0.05, 0.1) is 6.61 Å². The highest BCUT2D eigenvalue weighted by molar-refractivity contribution is 5.35. The van der Waals surface area contributed by atoms with Crippen LogP contribution in [-0.4, -0.2) is 34.6 Å². The third-order valence-electron chi connectivity index (χ3n) is 2.38. The molecule has 2 N–H and O–H groups in total. The van der Waals surface area contributed by atoms with Crippen molar-refractivity contribution in [3.63, 3.8) is 0 Å². The lowest BCUT2D eigenvalue weighted by Gasteiger charge is -2.18. The average Bonchev–Trinajstić information content (AvgIpc) is 2.28. The van der Waals surface area contributed by atoms with Gasteiger partial charge in [0.15, 0.2) is 0 Å². The smallest absolute Gasteiger partial charge is 0.323 e.